The zero-order chi connectivity index (χ0) is 15.0. The summed E-state index contributed by atoms with van der Waals surface area (Å²) in [5, 5.41) is 3.27. The molecule has 1 aliphatic rings. The van der Waals surface area contributed by atoms with Gasteiger partial charge in [-0.25, -0.2) is 0 Å². The van der Waals surface area contributed by atoms with Crippen LogP contribution in [0, 0.1) is 0 Å². The molecule has 7 heteroatoms. The Morgan fingerprint density at radius 1 is 1.38 bits per heavy atom. The Morgan fingerprint density at radius 3 is 2.86 bits per heavy atom. The molecule has 0 bridgehead atoms. The summed E-state index contributed by atoms with van der Waals surface area (Å²) in [5.41, 5.74) is 1.87. The molecule has 1 fully saturated rings. The molecule has 1 aromatic carbocycles. The summed E-state index contributed by atoms with van der Waals surface area (Å²) in [5.74, 6) is -0.277. The first-order chi connectivity index (χ1) is 10.0. The number of nitrogens with zero attached hydrogens (tertiary/aromatic N) is 1. The molecule has 0 unspecified atom stereocenters. The number of hydrogen-bond donors (Lipinski definition) is 1. The molecule has 0 saturated carbocycles. The van der Waals surface area contributed by atoms with Crippen molar-refractivity contribution in [3.63, 3.8) is 0 Å². The number of thiophene rings is 1. The van der Waals surface area contributed by atoms with Crippen LogP contribution in [0.5, 0.6) is 0 Å². The van der Waals surface area contributed by atoms with Gasteiger partial charge in [-0.1, -0.05) is 23.7 Å². The van der Waals surface area contributed by atoms with Gasteiger partial charge in [-0.2, -0.15) is 0 Å². The SMILES string of the molecule is O=C1CN(C(=O)c2cc(-c3cccc(Cl)c3)c(Br)s2)CN1. The quantitative estimate of drug-likeness (QED) is 0.862. The number of carbonyl (C=O) groups is 2. The Labute approximate surface area is 138 Å². The first kappa shape index (κ1) is 14.6. The van der Waals surface area contributed by atoms with Gasteiger partial charge in [-0.05, 0) is 39.7 Å². The van der Waals surface area contributed by atoms with E-state index in [1.54, 1.807) is 6.07 Å². The maximum Gasteiger partial charge on any atom is 0.265 e. The maximum absolute atomic E-state index is 12.4. The zero-order valence-electron chi connectivity index (χ0n) is 10.7. The van der Waals surface area contributed by atoms with Gasteiger partial charge < -0.3 is 10.2 Å². The van der Waals surface area contributed by atoms with Gasteiger partial charge >= 0.3 is 0 Å². The molecule has 1 saturated heterocycles. The Hall–Kier alpha value is -1.37. The maximum atomic E-state index is 12.4. The highest BCUT2D eigenvalue weighted by Gasteiger charge is 2.26. The molecular formula is C14H10BrClN2O2S. The summed E-state index contributed by atoms with van der Waals surface area (Å²) in [6.07, 6.45) is 0. The largest absolute Gasteiger partial charge is 0.337 e. The molecule has 0 spiro atoms. The smallest absolute Gasteiger partial charge is 0.265 e. The molecule has 0 atom stereocenters. The molecule has 4 nitrogen and oxygen atoms in total. The van der Waals surface area contributed by atoms with E-state index in [1.165, 1.54) is 16.2 Å². The van der Waals surface area contributed by atoms with Gasteiger partial charge in [-0.3, -0.25) is 9.59 Å². The van der Waals surface area contributed by atoms with Gasteiger partial charge in [0.15, 0.2) is 0 Å². The van der Waals surface area contributed by atoms with E-state index in [1.807, 2.05) is 24.3 Å². The average molecular weight is 386 g/mol. The van der Waals surface area contributed by atoms with Crippen molar-refractivity contribution in [3.05, 3.63) is 44.0 Å². The Bertz CT molecular complexity index is 732. The fraction of sp³-hybridized carbons (Fsp3) is 0.143. The highest BCUT2D eigenvalue weighted by atomic mass is 79.9. The summed E-state index contributed by atoms with van der Waals surface area (Å²) in [4.78, 5) is 25.6. The predicted octanol–water partition coefficient (Wildman–Crippen LogP) is 3.36. The second-order valence-electron chi connectivity index (χ2n) is 4.57. The number of rotatable bonds is 2. The minimum atomic E-state index is -0.146. The highest BCUT2D eigenvalue weighted by Crippen LogP contribution is 2.37. The van der Waals surface area contributed by atoms with E-state index in [4.69, 9.17) is 11.6 Å². The molecule has 0 radical (unpaired) electrons. The van der Waals surface area contributed by atoms with Crippen LogP contribution in [0.4, 0.5) is 0 Å². The third-order valence-electron chi connectivity index (χ3n) is 3.12. The van der Waals surface area contributed by atoms with Gasteiger partial charge in [0.1, 0.15) is 6.54 Å². The number of nitrogens with one attached hydrogen (secondary N) is 1. The van der Waals surface area contributed by atoms with Crippen molar-refractivity contribution in [1.29, 1.82) is 0 Å². The van der Waals surface area contributed by atoms with E-state index in [0.29, 0.717) is 9.90 Å². The number of amides is 2. The fourth-order valence-corrected chi connectivity index (χ4v) is 4.03. The minimum absolute atomic E-state index is 0.112. The summed E-state index contributed by atoms with van der Waals surface area (Å²) in [6, 6.07) is 9.29. The first-order valence-electron chi connectivity index (χ1n) is 6.16. The third-order valence-corrected chi connectivity index (χ3v) is 5.18. The summed E-state index contributed by atoms with van der Waals surface area (Å²) >= 11 is 10.8. The monoisotopic (exact) mass is 384 g/mol. The van der Waals surface area contributed by atoms with Gasteiger partial charge in [0.05, 0.1) is 15.3 Å². The topological polar surface area (TPSA) is 49.4 Å². The van der Waals surface area contributed by atoms with Gasteiger partial charge in [-0.15, -0.1) is 11.3 Å². The Balaban J connectivity index is 1.91. The fourth-order valence-electron chi connectivity index (χ4n) is 2.10. The van der Waals surface area contributed by atoms with Gasteiger partial charge in [0, 0.05) is 10.6 Å². The van der Waals surface area contributed by atoms with Crippen molar-refractivity contribution >= 4 is 50.7 Å². The molecule has 1 aromatic heterocycles. The number of hydrogen-bond acceptors (Lipinski definition) is 3. The van der Waals surface area contributed by atoms with E-state index in [0.717, 1.165) is 14.9 Å². The lowest BCUT2D eigenvalue weighted by atomic mass is 10.1. The van der Waals surface area contributed by atoms with Crippen molar-refractivity contribution < 1.29 is 9.59 Å². The summed E-state index contributed by atoms with van der Waals surface area (Å²) in [7, 11) is 0. The second kappa shape index (κ2) is 5.79. The first-order valence-corrected chi connectivity index (χ1v) is 8.14. The van der Waals surface area contributed by atoms with Crippen LogP contribution in [0.2, 0.25) is 5.02 Å². The lowest BCUT2D eigenvalue weighted by Gasteiger charge is -2.10. The number of carbonyl (C=O) groups excluding carboxylic acids is 2. The summed E-state index contributed by atoms with van der Waals surface area (Å²) in [6.45, 7) is 0.376. The molecule has 108 valence electrons. The van der Waals surface area contributed by atoms with Crippen molar-refractivity contribution in [2.75, 3.05) is 13.2 Å². The molecule has 1 N–H and O–H groups in total. The van der Waals surface area contributed by atoms with E-state index in [-0.39, 0.29) is 25.0 Å². The van der Waals surface area contributed by atoms with Gasteiger partial charge in [0.2, 0.25) is 5.91 Å². The van der Waals surface area contributed by atoms with Crippen LogP contribution in [0.15, 0.2) is 34.1 Å². The number of benzene rings is 1. The van der Waals surface area contributed by atoms with Crippen molar-refractivity contribution in [1.82, 2.24) is 10.2 Å². The minimum Gasteiger partial charge on any atom is -0.337 e. The Kier molecular flexibility index (Phi) is 4.01. The molecule has 2 heterocycles. The molecular weight excluding hydrogens is 376 g/mol. The van der Waals surface area contributed by atoms with E-state index in [2.05, 4.69) is 21.2 Å². The molecule has 0 aliphatic carbocycles. The van der Waals surface area contributed by atoms with Crippen LogP contribution in [0.1, 0.15) is 9.67 Å². The van der Waals surface area contributed by atoms with Crippen molar-refractivity contribution in [2.45, 2.75) is 0 Å². The van der Waals surface area contributed by atoms with E-state index in [9.17, 15) is 9.59 Å². The van der Waals surface area contributed by atoms with Crippen molar-refractivity contribution in [2.24, 2.45) is 0 Å². The predicted molar refractivity (Wildman–Crippen MR) is 86.5 cm³/mol. The normalized spacial score (nSPS) is 14.4. The van der Waals surface area contributed by atoms with Crippen LogP contribution in [-0.4, -0.2) is 29.9 Å². The lowest BCUT2D eigenvalue weighted by molar-refractivity contribution is -0.118. The second-order valence-corrected chi connectivity index (χ2v) is 7.38. The molecule has 21 heavy (non-hydrogen) atoms. The molecule has 2 aromatic rings. The molecule has 1 aliphatic heterocycles. The van der Waals surface area contributed by atoms with Crippen LogP contribution < -0.4 is 5.32 Å². The molecule has 2 amide bonds. The van der Waals surface area contributed by atoms with Crippen LogP contribution in [-0.2, 0) is 4.79 Å². The van der Waals surface area contributed by atoms with Gasteiger partial charge in [0.25, 0.3) is 5.91 Å². The summed E-state index contributed by atoms with van der Waals surface area (Å²) < 4.78 is 0.867. The Morgan fingerprint density at radius 2 is 2.19 bits per heavy atom. The van der Waals surface area contributed by atoms with Crippen molar-refractivity contribution in [3.8, 4) is 11.1 Å². The van der Waals surface area contributed by atoms with Crippen LogP contribution in [0.3, 0.4) is 0 Å². The van der Waals surface area contributed by atoms with E-state index < -0.39 is 0 Å². The van der Waals surface area contributed by atoms with Crippen LogP contribution >= 0.6 is 38.9 Å². The average Bonchev–Trinajstić information content (AvgIpc) is 3.04. The third kappa shape index (κ3) is 2.97. The van der Waals surface area contributed by atoms with E-state index >= 15 is 0 Å². The lowest BCUT2D eigenvalue weighted by Crippen LogP contribution is -2.28. The van der Waals surface area contributed by atoms with Crippen LogP contribution in [0.25, 0.3) is 11.1 Å². The number of halogens is 2. The highest BCUT2D eigenvalue weighted by molar-refractivity contribution is 9.11. The standard InChI is InChI=1S/C14H10BrClN2O2S/c15-13-10(8-2-1-3-9(16)4-8)5-11(21-13)14(20)18-6-12(19)17-7-18/h1-5H,6-7H2,(H,17,19). The zero-order valence-corrected chi connectivity index (χ0v) is 13.9. The molecule has 3 rings (SSSR count).